The summed E-state index contributed by atoms with van der Waals surface area (Å²) in [6.07, 6.45) is 0. The molecule has 8 heteroatoms. The van der Waals surface area contributed by atoms with E-state index in [1.165, 1.54) is 12.6 Å². The van der Waals surface area contributed by atoms with E-state index in [2.05, 4.69) is 19.2 Å². The highest BCUT2D eigenvalue weighted by atomic mass is 35.5. The molecule has 0 bridgehead atoms. The zero-order valence-electron chi connectivity index (χ0n) is 14.7. The quantitative estimate of drug-likeness (QED) is 0.720. The van der Waals surface area contributed by atoms with E-state index in [1.54, 1.807) is 6.92 Å². The van der Waals surface area contributed by atoms with E-state index in [9.17, 15) is 13.2 Å². The molecule has 3 N–H and O–H groups in total. The minimum absolute atomic E-state index is 0. The Morgan fingerprint density at radius 3 is 2.17 bits per heavy atom. The van der Waals surface area contributed by atoms with E-state index in [4.69, 9.17) is 5.73 Å². The number of hydrogen-bond donors (Lipinski definition) is 2. The van der Waals surface area contributed by atoms with Crippen molar-refractivity contribution < 1.29 is 13.2 Å². The number of nitrogens with two attached hydrogens (primary N) is 1. The largest absolute Gasteiger partial charge is 0.353 e. The van der Waals surface area contributed by atoms with Crippen molar-refractivity contribution in [3.05, 3.63) is 35.4 Å². The lowest BCUT2D eigenvalue weighted by Crippen LogP contribution is -2.41. The second-order valence-corrected chi connectivity index (χ2v) is 8.25. The van der Waals surface area contributed by atoms with Crippen LogP contribution in [0, 0.1) is 0 Å². The van der Waals surface area contributed by atoms with Crippen LogP contribution < -0.4 is 11.1 Å². The van der Waals surface area contributed by atoms with Gasteiger partial charge in [-0.3, -0.25) is 4.79 Å². The Labute approximate surface area is 151 Å². The van der Waals surface area contributed by atoms with Crippen LogP contribution in [-0.4, -0.2) is 44.5 Å². The summed E-state index contributed by atoms with van der Waals surface area (Å²) in [6.45, 7) is 5.85. The topological polar surface area (TPSA) is 92.5 Å². The number of hydrogen-bond acceptors (Lipinski definition) is 4. The Balaban J connectivity index is 0.00000529. The number of nitrogens with zero attached hydrogens (tertiary/aromatic N) is 1. The second kappa shape index (κ2) is 9.98. The third kappa shape index (κ3) is 6.76. The van der Waals surface area contributed by atoms with Gasteiger partial charge in [-0.2, -0.15) is 4.31 Å². The molecule has 0 aromatic heterocycles. The van der Waals surface area contributed by atoms with Crippen molar-refractivity contribution in [2.45, 2.75) is 32.7 Å². The zero-order valence-corrected chi connectivity index (χ0v) is 16.3. The molecule has 0 aliphatic heterocycles. The summed E-state index contributed by atoms with van der Waals surface area (Å²) in [5.41, 5.74) is 8.23. The summed E-state index contributed by atoms with van der Waals surface area (Å²) >= 11 is 0. The molecule has 24 heavy (non-hydrogen) atoms. The number of likely N-dealkylation sites (N-methyl/N-ethyl adjacent to an activating group) is 1. The van der Waals surface area contributed by atoms with Crippen molar-refractivity contribution in [1.29, 1.82) is 0 Å². The Bertz CT molecular complexity index is 618. The summed E-state index contributed by atoms with van der Waals surface area (Å²) in [5, 5.41) is 2.68. The highest BCUT2D eigenvalue weighted by Crippen LogP contribution is 2.17. The molecule has 6 nitrogen and oxygen atoms in total. The number of benzene rings is 1. The maximum Gasteiger partial charge on any atom is 0.235 e. The molecule has 0 fully saturated rings. The predicted molar refractivity (Wildman–Crippen MR) is 99.8 cm³/mol. The van der Waals surface area contributed by atoms with E-state index in [0.717, 1.165) is 9.87 Å². The Morgan fingerprint density at radius 2 is 1.71 bits per heavy atom. The van der Waals surface area contributed by atoms with Crippen molar-refractivity contribution in [1.82, 2.24) is 9.62 Å². The van der Waals surface area contributed by atoms with Crippen LogP contribution in [0.2, 0.25) is 0 Å². The monoisotopic (exact) mass is 377 g/mol. The fourth-order valence-electron chi connectivity index (χ4n) is 2.05. The van der Waals surface area contributed by atoms with Gasteiger partial charge in [0.15, 0.2) is 0 Å². The fourth-order valence-corrected chi connectivity index (χ4v) is 2.80. The average Bonchev–Trinajstić information content (AvgIpc) is 2.52. The molecule has 0 aliphatic rings. The lowest BCUT2D eigenvalue weighted by Gasteiger charge is -2.18. The summed E-state index contributed by atoms with van der Waals surface area (Å²) in [7, 11) is -1.96. The van der Waals surface area contributed by atoms with Gasteiger partial charge in [0, 0.05) is 19.6 Å². The maximum absolute atomic E-state index is 11.8. The molecule has 1 amide bonds. The number of sulfonamides is 1. The third-order valence-electron chi connectivity index (χ3n) is 3.76. The van der Waals surface area contributed by atoms with E-state index in [-0.39, 0.29) is 43.2 Å². The van der Waals surface area contributed by atoms with Gasteiger partial charge < -0.3 is 11.1 Å². The van der Waals surface area contributed by atoms with Gasteiger partial charge in [0.2, 0.25) is 15.9 Å². The zero-order chi connectivity index (χ0) is 17.6. The van der Waals surface area contributed by atoms with Crippen LogP contribution in [0.25, 0.3) is 0 Å². The molecule has 0 saturated heterocycles. The van der Waals surface area contributed by atoms with Gasteiger partial charge in [-0.05, 0) is 24.0 Å². The fraction of sp³-hybridized carbons (Fsp3) is 0.562. The SMILES string of the molecule is CCS(=O)(=O)N(C)CC(=O)NCC(N)c1ccc(C(C)C)cc1.Cl. The van der Waals surface area contributed by atoms with E-state index in [0.29, 0.717) is 5.92 Å². The van der Waals surface area contributed by atoms with Crippen molar-refractivity contribution in [2.24, 2.45) is 5.73 Å². The number of rotatable bonds is 8. The predicted octanol–water partition coefficient (Wildman–Crippen LogP) is 1.63. The summed E-state index contributed by atoms with van der Waals surface area (Å²) in [6, 6.07) is 7.65. The molecular weight excluding hydrogens is 350 g/mol. The number of carbonyl (C=O) groups is 1. The molecule has 0 radical (unpaired) electrons. The molecule has 0 saturated carbocycles. The summed E-state index contributed by atoms with van der Waals surface area (Å²) in [4.78, 5) is 11.8. The Hall–Kier alpha value is -1.15. The molecule has 1 rings (SSSR count). The first-order chi connectivity index (χ1) is 10.7. The lowest BCUT2D eigenvalue weighted by molar-refractivity contribution is -0.121. The lowest BCUT2D eigenvalue weighted by atomic mass is 9.99. The van der Waals surface area contributed by atoms with Gasteiger partial charge in [0.25, 0.3) is 0 Å². The minimum atomic E-state index is -3.36. The molecular formula is C16H28ClN3O3S. The molecule has 0 spiro atoms. The number of amides is 1. The van der Waals surface area contributed by atoms with Crippen LogP contribution in [0.3, 0.4) is 0 Å². The third-order valence-corrected chi connectivity index (χ3v) is 5.56. The number of nitrogens with one attached hydrogen (secondary N) is 1. The molecule has 138 valence electrons. The molecule has 0 heterocycles. The standard InChI is InChI=1S/C16H27N3O3S.ClH/c1-5-23(21,22)19(4)11-16(20)18-10-15(17)14-8-6-13(7-9-14)12(2)3;/h6-9,12,15H,5,10-11,17H2,1-4H3,(H,18,20);1H. The highest BCUT2D eigenvalue weighted by Gasteiger charge is 2.18. The Morgan fingerprint density at radius 1 is 1.21 bits per heavy atom. The van der Waals surface area contributed by atoms with E-state index < -0.39 is 10.0 Å². The normalized spacial score (nSPS) is 12.8. The average molecular weight is 378 g/mol. The van der Waals surface area contributed by atoms with Gasteiger partial charge in [-0.15, -0.1) is 12.4 Å². The summed E-state index contributed by atoms with van der Waals surface area (Å²) in [5.74, 6) is 0.0631. The van der Waals surface area contributed by atoms with Gasteiger partial charge >= 0.3 is 0 Å². The van der Waals surface area contributed by atoms with Gasteiger partial charge in [-0.25, -0.2) is 8.42 Å². The number of carbonyl (C=O) groups excluding carboxylic acids is 1. The van der Waals surface area contributed by atoms with Crippen molar-refractivity contribution in [2.75, 3.05) is 25.9 Å². The Kier molecular flexibility index (Phi) is 9.50. The first-order valence-electron chi connectivity index (χ1n) is 7.73. The number of halogens is 1. The molecule has 1 aromatic rings. The van der Waals surface area contributed by atoms with E-state index in [1.807, 2.05) is 24.3 Å². The first kappa shape index (κ1) is 22.9. The van der Waals surface area contributed by atoms with Crippen LogP contribution in [0.4, 0.5) is 0 Å². The van der Waals surface area contributed by atoms with Crippen LogP contribution in [0.5, 0.6) is 0 Å². The summed E-state index contributed by atoms with van der Waals surface area (Å²) < 4.78 is 24.3. The molecule has 1 aromatic carbocycles. The van der Waals surface area contributed by atoms with Crippen molar-refractivity contribution in [3.63, 3.8) is 0 Å². The van der Waals surface area contributed by atoms with Crippen LogP contribution in [0.1, 0.15) is 43.9 Å². The molecule has 1 unspecified atom stereocenters. The van der Waals surface area contributed by atoms with E-state index >= 15 is 0 Å². The molecule has 0 aliphatic carbocycles. The highest BCUT2D eigenvalue weighted by molar-refractivity contribution is 7.89. The van der Waals surface area contributed by atoms with Crippen LogP contribution in [0.15, 0.2) is 24.3 Å². The first-order valence-corrected chi connectivity index (χ1v) is 9.34. The van der Waals surface area contributed by atoms with Crippen LogP contribution in [-0.2, 0) is 14.8 Å². The van der Waals surface area contributed by atoms with Gasteiger partial charge in [0.05, 0.1) is 12.3 Å². The minimum Gasteiger partial charge on any atom is -0.353 e. The maximum atomic E-state index is 11.8. The van der Waals surface area contributed by atoms with Gasteiger partial charge in [0.1, 0.15) is 0 Å². The second-order valence-electron chi connectivity index (χ2n) is 5.89. The smallest absolute Gasteiger partial charge is 0.235 e. The van der Waals surface area contributed by atoms with Crippen molar-refractivity contribution in [3.8, 4) is 0 Å². The van der Waals surface area contributed by atoms with Crippen LogP contribution >= 0.6 is 12.4 Å². The molecule has 1 atom stereocenters. The van der Waals surface area contributed by atoms with Gasteiger partial charge in [-0.1, -0.05) is 38.1 Å². The van der Waals surface area contributed by atoms with Crippen molar-refractivity contribution >= 4 is 28.3 Å².